The number of aromatic nitrogens is 4. The first-order valence-electron chi connectivity index (χ1n) is 10.1. The Labute approximate surface area is 190 Å². The van der Waals surface area contributed by atoms with Crippen molar-refractivity contribution in [3.63, 3.8) is 0 Å². The average Bonchev–Trinajstić information content (AvgIpc) is 3.11. The van der Waals surface area contributed by atoms with Crippen molar-refractivity contribution in [1.82, 2.24) is 19.1 Å². The van der Waals surface area contributed by atoms with Crippen molar-refractivity contribution < 1.29 is 17.9 Å². The molecule has 3 heterocycles. The predicted octanol–water partition coefficient (Wildman–Crippen LogP) is 4.86. The SMILES string of the molecule is Cn1/c(=N/C#N)n(-c2ccc(OC(F)(F)F)cc2)c2c3cc(-c4ccncc4)ccc3ncc21. The molecule has 2 aromatic carbocycles. The fraction of sp³-hybridized carbons (Fsp3) is 0.0833. The van der Waals surface area contributed by atoms with Gasteiger partial charge in [-0.05, 0) is 59.7 Å². The number of fused-ring (bicyclic) bond motifs is 3. The number of hydrogen-bond donors (Lipinski definition) is 0. The van der Waals surface area contributed by atoms with Crippen LogP contribution in [0.25, 0.3) is 38.8 Å². The Hall–Kier alpha value is -4.65. The van der Waals surface area contributed by atoms with E-state index in [1.807, 2.05) is 30.3 Å². The molecule has 7 nitrogen and oxygen atoms in total. The van der Waals surface area contributed by atoms with Crippen LogP contribution in [-0.2, 0) is 7.05 Å². The lowest BCUT2D eigenvalue weighted by Gasteiger charge is -2.11. The molecule has 0 N–H and O–H groups in total. The van der Waals surface area contributed by atoms with Gasteiger partial charge in [0.25, 0.3) is 0 Å². The maximum Gasteiger partial charge on any atom is 0.573 e. The molecule has 0 saturated carbocycles. The van der Waals surface area contributed by atoms with Crippen molar-refractivity contribution >= 4 is 21.9 Å². The van der Waals surface area contributed by atoms with Crippen LogP contribution in [0.3, 0.4) is 0 Å². The van der Waals surface area contributed by atoms with E-state index < -0.39 is 6.36 Å². The summed E-state index contributed by atoms with van der Waals surface area (Å²) >= 11 is 0. The standard InChI is InChI=1S/C24H15F3N6O/c1-32-21-13-30-20-7-2-16(15-8-10-29-11-9-15)12-19(20)22(21)33(23(32)31-14-28)17-3-5-18(6-4-17)34-24(25,26)27/h2-13H,1H3/b31-23-. The van der Waals surface area contributed by atoms with Crippen LogP contribution in [0.4, 0.5) is 13.2 Å². The fourth-order valence-corrected chi connectivity index (χ4v) is 3.94. The Morgan fingerprint density at radius 2 is 1.74 bits per heavy atom. The summed E-state index contributed by atoms with van der Waals surface area (Å²) in [5.41, 5.74) is 4.83. The number of imidazole rings is 1. The zero-order valence-electron chi connectivity index (χ0n) is 17.7. The summed E-state index contributed by atoms with van der Waals surface area (Å²) in [6.07, 6.45) is 2.10. The Bertz CT molecular complexity index is 1630. The highest BCUT2D eigenvalue weighted by Crippen LogP contribution is 2.30. The lowest BCUT2D eigenvalue weighted by Crippen LogP contribution is -2.23. The molecule has 10 heteroatoms. The summed E-state index contributed by atoms with van der Waals surface area (Å²) < 4.78 is 45.2. The number of aryl methyl sites for hydroxylation is 1. The summed E-state index contributed by atoms with van der Waals surface area (Å²) in [5.74, 6) is -0.345. The third-order valence-corrected chi connectivity index (χ3v) is 5.40. The van der Waals surface area contributed by atoms with Crippen LogP contribution in [0, 0.1) is 11.5 Å². The van der Waals surface area contributed by atoms with E-state index in [0.29, 0.717) is 27.9 Å². The van der Waals surface area contributed by atoms with E-state index in [-0.39, 0.29) is 5.75 Å². The molecule has 5 rings (SSSR count). The maximum atomic E-state index is 12.6. The highest BCUT2D eigenvalue weighted by atomic mass is 19.4. The van der Waals surface area contributed by atoms with Crippen molar-refractivity contribution in [2.24, 2.45) is 12.0 Å². The molecule has 0 bridgehead atoms. The van der Waals surface area contributed by atoms with Crippen molar-refractivity contribution in [2.75, 3.05) is 0 Å². The molecule has 34 heavy (non-hydrogen) atoms. The van der Waals surface area contributed by atoms with Gasteiger partial charge in [-0.25, -0.2) is 0 Å². The van der Waals surface area contributed by atoms with Crippen molar-refractivity contribution in [3.05, 3.63) is 78.8 Å². The molecule has 0 aliphatic heterocycles. The lowest BCUT2D eigenvalue weighted by molar-refractivity contribution is -0.274. The molecule has 0 radical (unpaired) electrons. The highest BCUT2D eigenvalue weighted by molar-refractivity contribution is 6.04. The Balaban J connectivity index is 1.81. The summed E-state index contributed by atoms with van der Waals surface area (Å²) in [6, 6.07) is 15.0. The topological polar surface area (TPSA) is 81.0 Å². The molecule has 0 saturated heterocycles. The van der Waals surface area contributed by atoms with E-state index >= 15 is 0 Å². The maximum absolute atomic E-state index is 12.6. The number of nitriles is 1. The normalized spacial score (nSPS) is 12.3. The summed E-state index contributed by atoms with van der Waals surface area (Å²) in [4.78, 5) is 12.6. The molecule has 0 fully saturated rings. The van der Waals surface area contributed by atoms with Crippen LogP contribution in [0.1, 0.15) is 0 Å². The predicted molar refractivity (Wildman–Crippen MR) is 119 cm³/mol. The van der Waals surface area contributed by atoms with E-state index in [1.54, 1.807) is 41.0 Å². The minimum Gasteiger partial charge on any atom is -0.406 e. The molecule has 0 aliphatic rings. The van der Waals surface area contributed by atoms with Gasteiger partial charge in [-0.2, -0.15) is 5.26 Å². The number of rotatable bonds is 3. The van der Waals surface area contributed by atoms with E-state index in [9.17, 15) is 18.4 Å². The third-order valence-electron chi connectivity index (χ3n) is 5.40. The van der Waals surface area contributed by atoms with Crippen molar-refractivity contribution in [2.45, 2.75) is 6.36 Å². The van der Waals surface area contributed by atoms with Gasteiger partial charge in [0.2, 0.25) is 11.8 Å². The zero-order valence-corrected chi connectivity index (χ0v) is 17.7. The van der Waals surface area contributed by atoms with Crippen LogP contribution in [-0.4, -0.2) is 25.5 Å². The molecule has 0 amide bonds. The number of benzene rings is 2. The molecule has 0 aliphatic carbocycles. The van der Waals surface area contributed by atoms with Crippen molar-refractivity contribution in [1.29, 1.82) is 5.26 Å². The number of alkyl halides is 3. The Kier molecular flexibility index (Phi) is 5.02. The number of ether oxygens (including phenoxy) is 1. The van der Waals surface area contributed by atoms with Crippen LogP contribution < -0.4 is 10.4 Å². The summed E-state index contributed by atoms with van der Waals surface area (Å²) in [7, 11) is 1.75. The molecule has 5 aromatic rings. The number of halogens is 3. The summed E-state index contributed by atoms with van der Waals surface area (Å²) in [5, 5.41) is 10.1. The molecule has 3 aromatic heterocycles. The zero-order chi connectivity index (χ0) is 23.9. The fourth-order valence-electron chi connectivity index (χ4n) is 3.94. The Morgan fingerprint density at radius 3 is 2.41 bits per heavy atom. The van der Waals surface area contributed by atoms with Crippen LogP contribution in [0.5, 0.6) is 5.75 Å². The minimum atomic E-state index is -4.79. The van der Waals surface area contributed by atoms with Gasteiger partial charge in [-0.1, -0.05) is 6.07 Å². The van der Waals surface area contributed by atoms with Gasteiger partial charge >= 0.3 is 6.36 Å². The van der Waals surface area contributed by atoms with E-state index in [0.717, 1.165) is 16.5 Å². The monoisotopic (exact) mass is 460 g/mol. The first-order valence-corrected chi connectivity index (χ1v) is 10.1. The number of hydrogen-bond acceptors (Lipinski definition) is 5. The van der Waals surface area contributed by atoms with Gasteiger partial charge in [0.05, 0.1) is 22.7 Å². The van der Waals surface area contributed by atoms with E-state index in [4.69, 9.17) is 0 Å². The minimum absolute atomic E-state index is 0.297. The summed E-state index contributed by atoms with van der Waals surface area (Å²) in [6.45, 7) is 0. The first-order chi connectivity index (χ1) is 16.4. The number of nitrogens with zero attached hydrogens (tertiary/aromatic N) is 6. The third kappa shape index (κ3) is 3.73. The molecular formula is C24H15F3N6O. The van der Waals surface area contributed by atoms with Crippen LogP contribution >= 0.6 is 0 Å². The molecular weight excluding hydrogens is 445 g/mol. The van der Waals surface area contributed by atoms with Crippen LogP contribution in [0.15, 0.2) is 78.2 Å². The van der Waals surface area contributed by atoms with Gasteiger partial charge < -0.3 is 9.30 Å². The smallest absolute Gasteiger partial charge is 0.406 e. The van der Waals surface area contributed by atoms with E-state index in [2.05, 4.69) is 19.7 Å². The molecule has 0 unspecified atom stereocenters. The second-order valence-corrected chi connectivity index (χ2v) is 7.41. The second-order valence-electron chi connectivity index (χ2n) is 7.41. The van der Waals surface area contributed by atoms with Gasteiger partial charge in [0, 0.05) is 30.5 Å². The van der Waals surface area contributed by atoms with Gasteiger partial charge in [0.15, 0.2) is 0 Å². The lowest BCUT2D eigenvalue weighted by atomic mass is 10.0. The largest absolute Gasteiger partial charge is 0.573 e. The quantitative estimate of drug-likeness (QED) is 0.360. The highest BCUT2D eigenvalue weighted by Gasteiger charge is 2.31. The number of pyridine rings is 2. The van der Waals surface area contributed by atoms with Gasteiger partial charge in [-0.15, -0.1) is 18.2 Å². The van der Waals surface area contributed by atoms with Gasteiger partial charge in [-0.3, -0.25) is 14.5 Å². The molecule has 0 atom stereocenters. The van der Waals surface area contributed by atoms with Crippen molar-refractivity contribution in [3.8, 4) is 28.8 Å². The van der Waals surface area contributed by atoms with Crippen LogP contribution in [0.2, 0.25) is 0 Å². The van der Waals surface area contributed by atoms with Gasteiger partial charge in [0.1, 0.15) is 5.75 Å². The molecule has 168 valence electrons. The Morgan fingerprint density at radius 1 is 1.00 bits per heavy atom. The first kappa shape index (κ1) is 21.2. The second kappa shape index (κ2) is 8.04. The van der Waals surface area contributed by atoms with E-state index in [1.165, 1.54) is 24.3 Å². The molecule has 0 spiro atoms. The average molecular weight is 460 g/mol.